The summed E-state index contributed by atoms with van der Waals surface area (Å²) in [5.41, 5.74) is 0.601. The van der Waals surface area contributed by atoms with Crippen LogP contribution in [0.15, 0.2) is 52.5 Å². The Morgan fingerprint density at radius 3 is 2.86 bits per heavy atom. The van der Waals surface area contributed by atoms with Gasteiger partial charge < -0.3 is 4.74 Å². The molecule has 0 N–H and O–H groups in total. The molecule has 104 valence electrons. The van der Waals surface area contributed by atoms with Gasteiger partial charge in [0.25, 0.3) is 5.69 Å². The van der Waals surface area contributed by atoms with E-state index in [9.17, 15) is 14.9 Å². The highest BCUT2D eigenvalue weighted by Gasteiger charge is 2.24. The van der Waals surface area contributed by atoms with Crippen LogP contribution in [0.25, 0.3) is 6.08 Å². The van der Waals surface area contributed by atoms with Crippen molar-refractivity contribution in [2.75, 3.05) is 0 Å². The zero-order valence-electron chi connectivity index (χ0n) is 10.6. The fourth-order valence-corrected chi connectivity index (χ4v) is 2.45. The largest absolute Gasteiger partial charge is 0.401 e. The molecule has 1 aromatic heterocycles. The van der Waals surface area contributed by atoms with Gasteiger partial charge in [-0.1, -0.05) is 18.2 Å². The van der Waals surface area contributed by atoms with Crippen LogP contribution in [0.3, 0.4) is 0 Å². The summed E-state index contributed by atoms with van der Waals surface area (Å²) < 4.78 is 5.09. The number of hydrogen-bond donors (Lipinski definition) is 0. The first-order chi connectivity index (χ1) is 10.1. The van der Waals surface area contributed by atoms with Gasteiger partial charge in [-0.15, -0.1) is 11.3 Å². The number of thiophene rings is 1. The lowest BCUT2D eigenvalue weighted by Crippen LogP contribution is -2.03. The topological polar surface area (TPSA) is 81.8 Å². The molecular weight excluding hydrogens is 292 g/mol. The van der Waals surface area contributed by atoms with Crippen LogP contribution in [0, 0.1) is 10.1 Å². The second-order valence-corrected chi connectivity index (χ2v) is 5.11. The van der Waals surface area contributed by atoms with Gasteiger partial charge in [-0.3, -0.25) is 10.1 Å². The summed E-state index contributed by atoms with van der Waals surface area (Å²) in [6.45, 7) is 0. The normalized spacial score (nSPS) is 15.9. The minimum absolute atomic E-state index is 0.0434. The Kier molecular flexibility index (Phi) is 3.33. The average Bonchev–Trinajstić information content (AvgIpc) is 3.10. The lowest BCUT2D eigenvalue weighted by Gasteiger charge is -1.95. The Labute approximate surface area is 123 Å². The first kappa shape index (κ1) is 13.2. The molecule has 0 saturated heterocycles. The number of nitro groups is 1. The van der Waals surface area contributed by atoms with E-state index in [1.807, 2.05) is 11.4 Å². The van der Waals surface area contributed by atoms with Gasteiger partial charge in [0, 0.05) is 12.1 Å². The lowest BCUT2D eigenvalue weighted by molar-refractivity contribution is -0.384. The Hall–Kier alpha value is -2.80. The second kappa shape index (κ2) is 5.29. The zero-order valence-corrected chi connectivity index (χ0v) is 11.4. The summed E-state index contributed by atoms with van der Waals surface area (Å²) in [4.78, 5) is 26.9. The maximum atomic E-state index is 11.8. The number of hydrogen-bond acceptors (Lipinski definition) is 6. The molecule has 2 heterocycles. The molecular formula is C14H8N2O4S. The van der Waals surface area contributed by atoms with Gasteiger partial charge in [-0.25, -0.2) is 9.79 Å². The Balaban J connectivity index is 1.94. The van der Waals surface area contributed by atoms with Crippen molar-refractivity contribution in [3.8, 4) is 0 Å². The summed E-state index contributed by atoms with van der Waals surface area (Å²) in [5, 5.41) is 12.6. The molecule has 0 bridgehead atoms. The van der Waals surface area contributed by atoms with Crippen molar-refractivity contribution in [3.63, 3.8) is 0 Å². The maximum absolute atomic E-state index is 11.8. The molecule has 0 radical (unpaired) electrons. The van der Waals surface area contributed by atoms with Crippen LogP contribution in [0.2, 0.25) is 0 Å². The van der Waals surface area contributed by atoms with E-state index in [0.717, 1.165) is 4.88 Å². The predicted molar refractivity (Wildman–Crippen MR) is 78.0 cm³/mol. The fraction of sp³-hybridized carbons (Fsp3) is 0. The maximum Gasteiger partial charge on any atom is 0.363 e. The van der Waals surface area contributed by atoms with Crippen LogP contribution >= 0.6 is 11.3 Å². The van der Waals surface area contributed by atoms with Crippen LogP contribution in [-0.2, 0) is 9.53 Å². The Morgan fingerprint density at radius 1 is 1.29 bits per heavy atom. The van der Waals surface area contributed by atoms with Gasteiger partial charge in [-0.05, 0) is 23.1 Å². The van der Waals surface area contributed by atoms with E-state index in [0.29, 0.717) is 5.56 Å². The molecule has 3 rings (SSSR count). The van der Waals surface area contributed by atoms with E-state index >= 15 is 0 Å². The summed E-state index contributed by atoms with van der Waals surface area (Å²) in [6, 6.07) is 9.60. The number of non-ortho nitro benzene ring substituents is 1. The van der Waals surface area contributed by atoms with E-state index in [2.05, 4.69) is 4.99 Å². The van der Waals surface area contributed by atoms with E-state index < -0.39 is 10.9 Å². The zero-order chi connectivity index (χ0) is 14.8. The SMILES string of the molecule is O=C1OC(c2cccs2)=N/C1=C\c1cccc([N+](=O)[O-])c1. The van der Waals surface area contributed by atoms with Crippen LogP contribution in [0.1, 0.15) is 10.4 Å². The monoisotopic (exact) mass is 300 g/mol. The number of rotatable bonds is 3. The van der Waals surface area contributed by atoms with E-state index in [1.165, 1.54) is 29.5 Å². The molecule has 0 atom stereocenters. The molecule has 0 saturated carbocycles. The third-order valence-electron chi connectivity index (χ3n) is 2.74. The first-order valence-electron chi connectivity index (χ1n) is 5.94. The lowest BCUT2D eigenvalue weighted by atomic mass is 10.2. The van der Waals surface area contributed by atoms with Crippen molar-refractivity contribution < 1.29 is 14.5 Å². The van der Waals surface area contributed by atoms with E-state index in [1.54, 1.807) is 18.2 Å². The van der Waals surface area contributed by atoms with Crippen LogP contribution in [-0.4, -0.2) is 16.8 Å². The van der Waals surface area contributed by atoms with Crippen molar-refractivity contribution in [1.82, 2.24) is 0 Å². The van der Waals surface area contributed by atoms with Crippen molar-refractivity contribution in [1.29, 1.82) is 0 Å². The van der Waals surface area contributed by atoms with Gasteiger partial charge in [-0.2, -0.15) is 0 Å². The molecule has 7 heteroatoms. The summed E-state index contributed by atoms with van der Waals surface area (Å²) in [6.07, 6.45) is 1.47. The summed E-state index contributed by atoms with van der Waals surface area (Å²) >= 11 is 1.41. The predicted octanol–water partition coefficient (Wildman–Crippen LogP) is 3.00. The number of carbonyl (C=O) groups excluding carboxylic acids is 1. The number of ether oxygens (including phenoxy) is 1. The summed E-state index contributed by atoms with van der Waals surface area (Å²) in [7, 11) is 0. The highest BCUT2D eigenvalue weighted by Crippen LogP contribution is 2.22. The molecule has 1 aliphatic heterocycles. The molecule has 2 aromatic rings. The van der Waals surface area contributed by atoms with Crippen molar-refractivity contribution >= 4 is 35.0 Å². The highest BCUT2D eigenvalue weighted by molar-refractivity contribution is 7.12. The number of nitrogens with zero attached hydrogens (tertiary/aromatic N) is 2. The second-order valence-electron chi connectivity index (χ2n) is 4.17. The molecule has 0 amide bonds. The minimum atomic E-state index is -0.565. The number of nitro benzene ring substituents is 1. The Bertz CT molecular complexity index is 778. The standard InChI is InChI=1S/C14H8N2O4S/c17-14-11(15-13(20-14)12-5-2-6-21-12)8-9-3-1-4-10(7-9)16(18)19/h1-8H/b11-8-. The smallest absolute Gasteiger partial charge is 0.363 e. The highest BCUT2D eigenvalue weighted by atomic mass is 32.1. The van der Waals surface area contributed by atoms with Gasteiger partial charge >= 0.3 is 5.97 Å². The van der Waals surface area contributed by atoms with Crippen LogP contribution in [0.5, 0.6) is 0 Å². The molecule has 21 heavy (non-hydrogen) atoms. The van der Waals surface area contributed by atoms with Crippen LogP contribution in [0.4, 0.5) is 5.69 Å². The number of carbonyl (C=O) groups is 1. The molecule has 0 unspecified atom stereocenters. The molecule has 0 aliphatic carbocycles. The first-order valence-corrected chi connectivity index (χ1v) is 6.82. The molecule has 0 spiro atoms. The van der Waals surface area contributed by atoms with E-state index in [-0.39, 0.29) is 17.3 Å². The molecule has 6 nitrogen and oxygen atoms in total. The van der Waals surface area contributed by atoms with Gasteiger partial charge in [0.1, 0.15) is 0 Å². The molecule has 0 fully saturated rings. The Morgan fingerprint density at radius 2 is 2.14 bits per heavy atom. The van der Waals surface area contributed by atoms with Gasteiger partial charge in [0.15, 0.2) is 5.70 Å². The third kappa shape index (κ3) is 2.72. The molecule has 1 aromatic carbocycles. The number of cyclic esters (lactones) is 1. The minimum Gasteiger partial charge on any atom is -0.401 e. The van der Waals surface area contributed by atoms with E-state index in [4.69, 9.17) is 4.74 Å². The number of aliphatic imine (C=N–C) groups is 1. The van der Waals surface area contributed by atoms with Gasteiger partial charge in [0.05, 0.1) is 9.80 Å². The summed E-state index contributed by atoms with van der Waals surface area (Å²) in [5.74, 6) is -0.309. The average molecular weight is 300 g/mol. The molecule has 1 aliphatic rings. The fourth-order valence-electron chi connectivity index (χ4n) is 1.80. The quantitative estimate of drug-likeness (QED) is 0.377. The van der Waals surface area contributed by atoms with Gasteiger partial charge in [0.2, 0.25) is 5.90 Å². The number of esters is 1. The van der Waals surface area contributed by atoms with Crippen molar-refractivity contribution in [2.45, 2.75) is 0 Å². The van der Waals surface area contributed by atoms with Crippen molar-refractivity contribution in [2.24, 2.45) is 4.99 Å². The van der Waals surface area contributed by atoms with Crippen molar-refractivity contribution in [3.05, 3.63) is 68.0 Å². The van der Waals surface area contributed by atoms with Crippen LogP contribution < -0.4 is 0 Å². The third-order valence-corrected chi connectivity index (χ3v) is 3.59. The number of benzene rings is 1.